The third-order valence-electron chi connectivity index (χ3n) is 5.40. The Balaban J connectivity index is 0.00000272. The molecule has 3 aromatic rings. The second-order valence-corrected chi connectivity index (χ2v) is 8.03. The third-order valence-corrected chi connectivity index (χ3v) is 5.40. The van der Waals surface area contributed by atoms with Crippen LogP contribution in [0.25, 0.3) is 23.3 Å². The molecule has 0 saturated heterocycles. The van der Waals surface area contributed by atoms with Crippen LogP contribution >= 0.6 is 12.4 Å². The van der Waals surface area contributed by atoms with Crippen molar-refractivity contribution in [1.29, 1.82) is 0 Å². The van der Waals surface area contributed by atoms with Crippen LogP contribution in [0.1, 0.15) is 63.8 Å². The van der Waals surface area contributed by atoms with E-state index in [1.807, 2.05) is 48.6 Å². The molecule has 6 heteroatoms. The highest BCUT2D eigenvalue weighted by Crippen LogP contribution is 2.18. The fraction of sp³-hybridized carbons (Fsp3) is 0.444. The number of hydrogen-bond donors (Lipinski definition) is 0. The van der Waals surface area contributed by atoms with Gasteiger partial charge in [0.15, 0.2) is 5.58 Å². The molecule has 0 aliphatic rings. The molecule has 0 aliphatic carbocycles. The summed E-state index contributed by atoms with van der Waals surface area (Å²) in [5, 5.41) is 0. The highest BCUT2D eigenvalue weighted by Gasteiger charge is 2.04. The molecule has 0 amide bonds. The van der Waals surface area contributed by atoms with Gasteiger partial charge >= 0.3 is 0 Å². The van der Waals surface area contributed by atoms with Gasteiger partial charge in [0.1, 0.15) is 11.3 Å². The largest absolute Gasteiger partial charge is 0.494 e. The van der Waals surface area contributed by atoms with Crippen LogP contribution in [-0.2, 0) is 0 Å². The number of rotatable bonds is 14. The Kier molecular flexibility index (Phi) is 14.2. The number of para-hydroxylation sites is 2. The Morgan fingerprint density at radius 1 is 0.848 bits per heavy atom. The minimum absolute atomic E-state index is 0. The molecule has 182 valence electrons. The molecular weight excluding hydrogens is 436 g/mol. The zero-order valence-electron chi connectivity index (χ0n) is 20.0. The lowest BCUT2D eigenvalue weighted by Gasteiger charge is -2.21. The molecule has 0 bridgehead atoms. The number of fused-ring (bicyclic) bond motifs is 1. The van der Waals surface area contributed by atoms with E-state index in [2.05, 4.69) is 35.9 Å². The van der Waals surface area contributed by atoms with E-state index in [0.717, 1.165) is 35.4 Å². The van der Waals surface area contributed by atoms with E-state index in [4.69, 9.17) is 9.15 Å². The lowest BCUT2D eigenvalue weighted by atomic mass is 10.2. The highest BCUT2D eigenvalue weighted by atomic mass is 35.5. The Labute approximate surface area is 204 Å². The average Bonchev–Trinajstić information content (AvgIpc) is 3.22. The molecular formula is C27H39ClN2O3. The molecule has 0 aliphatic heterocycles. The van der Waals surface area contributed by atoms with Gasteiger partial charge in [-0.05, 0) is 81.2 Å². The Morgan fingerprint density at radius 2 is 1.52 bits per heavy atom. The molecule has 0 unspecified atom stereocenters. The summed E-state index contributed by atoms with van der Waals surface area (Å²) in [5.41, 5.74) is 2.78. The standard InChI is InChI=1S/C27H36N2O2.ClH.H2O/c1-3-5-19-29(20-6-4-2)21-9-10-22-30-24-16-13-23(14-17-24)15-18-27-28-25-11-7-8-12-26(25)31-27;;/h7-8,11-18H,3-6,9-10,19-22H2,1-2H3;1H;1H2/b18-15+;;. The van der Waals surface area contributed by atoms with Gasteiger partial charge in [-0.15, -0.1) is 12.4 Å². The summed E-state index contributed by atoms with van der Waals surface area (Å²) in [4.78, 5) is 7.08. The van der Waals surface area contributed by atoms with Crippen molar-refractivity contribution in [3.8, 4) is 5.75 Å². The van der Waals surface area contributed by atoms with Gasteiger partial charge in [-0.2, -0.15) is 0 Å². The maximum atomic E-state index is 5.93. The van der Waals surface area contributed by atoms with Gasteiger partial charge in [0.2, 0.25) is 5.89 Å². The molecule has 0 spiro atoms. The second kappa shape index (κ2) is 16.3. The summed E-state index contributed by atoms with van der Waals surface area (Å²) < 4.78 is 11.7. The summed E-state index contributed by atoms with van der Waals surface area (Å²) >= 11 is 0. The number of hydrogen-bond acceptors (Lipinski definition) is 4. The number of halogens is 1. The molecule has 2 aromatic carbocycles. The van der Waals surface area contributed by atoms with E-state index in [0.29, 0.717) is 5.89 Å². The molecule has 33 heavy (non-hydrogen) atoms. The molecule has 1 aromatic heterocycles. The van der Waals surface area contributed by atoms with Gasteiger partial charge in [0.05, 0.1) is 6.61 Å². The van der Waals surface area contributed by atoms with E-state index in [9.17, 15) is 0 Å². The predicted octanol–water partition coefficient (Wildman–Crippen LogP) is 6.66. The fourth-order valence-electron chi connectivity index (χ4n) is 3.53. The first-order valence-corrected chi connectivity index (χ1v) is 11.8. The summed E-state index contributed by atoms with van der Waals surface area (Å²) in [5.74, 6) is 1.54. The van der Waals surface area contributed by atoms with E-state index in [1.54, 1.807) is 0 Å². The van der Waals surface area contributed by atoms with Crippen molar-refractivity contribution in [2.75, 3.05) is 26.2 Å². The molecule has 1 heterocycles. The van der Waals surface area contributed by atoms with Crippen molar-refractivity contribution in [2.45, 2.75) is 52.4 Å². The zero-order valence-corrected chi connectivity index (χ0v) is 20.8. The number of unbranched alkanes of at least 4 members (excludes halogenated alkanes) is 3. The van der Waals surface area contributed by atoms with Crippen molar-refractivity contribution < 1.29 is 14.6 Å². The van der Waals surface area contributed by atoms with Crippen LogP contribution in [0.2, 0.25) is 0 Å². The summed E-state index contributed by atoms with van der Waals surface area (Å²) in [6, 6.07) is 16.0. The molecule has 0 atom stereocenters. The third kappa shape index (κ3) is 9.99. The van der Waals surface area contributed by atoms with Crippen molar-refractivity contribution in [2.24, 2.45) is 0 Å². The van der Waals surface area contributed by atoms with Crippen LogP contribution < -0.4 is 4.74 Å². The number of oxazole rings is 1. The molecule has 0 saturated carbocycles. The van der Waals surface area contributed by atoms with Gasteiger partial charge in [0, 0.05) is 6.08 Å². The number of benzene rings is 2. The van der Waals surface area contributed by atoms with Crippen LogP contribution in [-0.4, -0.2) is 41.6 Å². The first-order chi connectivity index (χ1) is 15.3. The minimum atomic E-state index is 0. The Bertz CT molecular complexity index is 884. The normalized spacial score (nSPS) is 11.0. The van der Waals surface area contributed by atoms with Crippen molar-refractivity contribution >= 4 is 35.7 Å². The highest BCUT2D eigenvalue weighted by molar-refractivity contribution is 5.85. The van der Waals surface area contributed by atoms with Gasteiger partial charge in [0.25, 0.3) is 0 Å². The number of aromatic nitrogens is 1. The number of nitrogens with zero attached hydrogens (tertiary/aromatic N) is 2. The Morgan fingerprint density at radius 3 is 2.18 bits per heavy atom. The van der Waals surface area contributed by atoms with E-state index >= 15 is 0 Å². The molecule has 5 nitrogen and oxygen atoms in total. The SMILES string of the molecule is CCCCN(CCCC)CCCCOc1ccc(/C=C/c2nc3ccccc3o2)cc1.Cl.O. The predicted molar refractivity (Wildman–Crippen MR) is 141 cm³/mol. The maximum absolute atomic E-state index is 5.93. The van der Waals surface area contributed by atoms with E-state index in [-0.39, 0.29) is 17.9 Å². The van der Waals surface area contributed by atoms with Crippen molar-refractivity contribution in [1.82, 2.24) is 9.88 Å². The Hall–Kier alpha value is -2.34. The van der Waals surface area contributed by atoms with Crippen LogP contribution in [0.4, 0.5) is 0 Å². The molecule has 0 fully saturated rings. The lowest BCUT2D eigenvalue weighted by molar-refractivity contribution is 0.243. The van der Waals surface area contributed by atoms with Crippen LogP contribution in [0, 0.1) is 0 Å². The molecule has 0 radical (unpaired) electrons. The second-order valence-electron chi connectivity index (χ2n) is 8.03. The smallest absolute Gasteiger partial charge is 0.220 e. The van der Waals surface area contributed by atoms with Crippen molar-refractivity contribution in [3.05, 3.63) is 60.0 Å². The summed E-state index contributed by atoms with van der Waals surface area (Å²) in [6.07, 6.45) is 11.3. The fourth-order valence-corrected chi connectivity index (χ4v) is 3.53. The van der Waals surface area contributed by atoms with Gasteiger partial charge in [-0.25, -0.2) is 4.98 Å². The van der Waals surface area contributed by atoms with E-state index < -0.39 is 0 Å². The van der Waals surface area contributed by atoms with Gasteiger partial charge < -0.3 is 19.5 Å². The molecule has 3 rings (SSSR count). The monoisotopic (exact) mass is 474 g/mol. The van der Waals surface area contributed by atoms with Crippen LogP contribution in [0.5, 0.6) is 5.75 Å². The summed E-state index contributed by atoms with van der Waals surface area (Å²) in [6.45, 7) is 8.95. The zero-order chi connectivity index (χ0) is 21.7. The first-order valence-electron chi connectivity index (χ1n) is 11.8. The van der Waals surface area contributed by atoms with Crippen LogP contribution in [0.15, 0.2) is 52.9 Å². The summed E-state index contributed by atoms with van der Waals surface area (Å²) in [7, 11) is 0. The van der Waals surface area contributed by atoms with Crippen molar-refractivity contribution in [3.63, 3.8) is 0 Å². The average molecular weight is 475 g/mol. The van der Waals surface area contributed by atoms with E-state index in [1.165, 1.54) is 51.7 Å². The topological polar surface area (TPSA) is 70.0 Å². The minimum Gasteiger partial charge on any atom is -0.494 e. The van der Waals surface area contributed by atoms with Crippen LogP contribution in [0.3, 0.4) is 0 Å². The lowest BCUT2D eigenvalue weighted by Crippen LogP contribution is -2.27. The van der Waals surface area contributed by atoms with Gasteiger partial charge in [-0.3, -0.25) is 0 Å². The number of ether oxygens (including phenoxy) is 1. The first kappa shape index (κ1) is 28.7. The quantitative estimate of drug-likeness (QED) is 0.245. The van der Waals surface area contributed by atoms with Gasteiger partial charge in [-0.1, -0.05) is 51.0 Å². The molecule has 2 N–H and O–H groups in total. The maximum Gasteiger partial charge on any atom is 0.220 e.